The van der Waals surface area contributed by atoms with E-state index in [1.807, 2.05) is 12.1 Å². The first-order chi connectivity index (χ1) is 9.15. The number of nitrogens with one attached hydrogen (secondary N) is 1. The zero-order valence-electron chi connectivity index (χ0n) is 11.3. The Kier molecular flexibility index (Phi) is 4.07. The van der Waals surface area contributed by atoms with Crippen LogP contribution in [0.25, 0.3) is 0 Å². The van der Waals surface area contributed by atoms with E-state index in [9.17, 15) is 0 Å². The van der Waals surface area contributed by atoms with Crippen molar-refractivity contribution in [2.75, 3.05) is 6.54 Å². The van der Waals surface area contributed by atoms with Crippen LogP contribution in [0.4, 0.5) is 0 Å². The fourth-order valence-electron chi connectivity index (χ4n) is 3.92. The lowest BCUT2D eigenvalue weighted by Gasteiger charge is -2.24. The van der Waals surface area contributed by atoms with E-state index in [2.05, 4.69) is 18.3 Å². The van der Waals surface area contributed by atoms with E-state index in [1.165, 1.54) is 25.7 Å². The number of halogens is 2. The van der Waals surface area contributed by atoms with Crippen LogP contribution in [0.15, 0.2) is 18.2 Å². The minimum absolute atomic E-state index is 0.269. The third-order valence-electron chi connectivity index (χ3n) is 5.02. The summed E-state index contributed by atoms with van der Waals surface area (Å²) in [7, 11) is 0. The molecule has 2 aliphatic rings. The lowest BCUT2D eigenvalue weighted by molar-refractivity contribution is 0.309. The van der Waals surface area contributed by atoms with Gasteiger partial charge in [0, 0.05) is 6.04 Å². The third-order valence-corrected chi connectivity index (χ3v) is 5.85. The Bertz CT molecular complexity index is 460. The molecule has 1 N–H and O–H groups in total. The summed E-state index contributed by atoms with van der Waals surface area (Å²) in [5.74, 6) is 2.86. The van der Waals surface area contributed by atoms with Gasteiger partial charge >= 0.3 is 0 Å². The maximum Gasteiger partial charge on any atom is 0.0639 e. The van der Waals surface area contributed by atoms with Crippen molar-refractivity contribution in [3.8, 4) is 0 Å². The molecule has 1 aromatic carbocycles. The molecule has 2 saturated carbocycles. The van der Waals surface area contributed by atoms with Crippen LogP contribution in [-0.4, -0.2) is 6.54 Å². The highest BCUT2D eigenvalue weighted by atomic mass is 35.5. The average molecular weight is 298 g/mol. The van der Waals surface area contributed by atoms with Crippen LogP contribution in [0.3, 0.4) is 0 Å². The van der Waals surface area contributed by atoms with Gasteiger partial charge in [-0.05, 0) is 62.1 Å². The van der Waals surface area contributed by atoms with Crippen molar-refractivity contribution in [2.45, 2.75) is 38.6 Å². The van der Waals surface area contributed by atoms with Gasteiger partial charge < -0.3 is 5.32 Å². The van der Waals surface area contributed by atoms with Crippen molar-refractivity contribution in [1.82, 2.24) is 5.32 Å². The fraction of sp³-hybridized carbons (Fsp3) is 0.625. The second-order valence-electron chi connectivity index (χ2n) is 6.21. The van der Waals surface area contributed by atoms with Crippen LogP contribution in [0.2, 0.25) is 10.0 Å². The first-order valence-electron chi connectivity index (χ1n) is 7.32. The van der Waals surface area contributed by atoms with Gasteiger partial charge in [0.1, 0.15) is 0 Å². The molecule has 0 saturated heterocycles. The summed E-state index contributed by atoms with van der Waals surface area (Å²) in [6.07, 6.45) is 5.81. The fourth-order valence-corrected chi connectivity index (χ4v) is 4.39. The van der Waals surface area contributed by atoms with E-state index in [0.717, 1.165) is 29.9 Å². The zero-order chi connectivity index (χ0) is 13.4. The lowest BCUT2D eigenvalue weighted by atomic mass is 9.88. The van der Waals surface area contributed by atoms with E-state index < -0.39 is 0 Å². The van der Waals surface area contributed by atoms with E-state index in [-0.39, 0.29) is 6.04 Å². The minimum Gasteiger partial charge on any atom is -0.310 e. The van der Waals surface area contributed by atoms with Crippen LogP contribution < -0.4 is 5.32 Å². The van der Waals surface area contributed by atoms with E-state index >= 15 is 0 Å². The Morgan fingerprint density at radius 2 is 2.11 bits per heavy atom. The number of fused-ring (bicyclic) bond motifs is 2. The van der Waals surface area contributed by atoms with Gasteiger partial charge in [0.2, 0.25) is 0 Å². The molecule has 2 fully saturated rings. The molecule has 0 amide bonds. The summed E-state index contributed by atoms with van der Waals surface area (Å²) in [6.45, 7) is 3.29. The molecule has 1 nitrogen and oxygen atoms in total. The Hall–Kier alpha value is -0.240. The zero-order valence-corrected chi connectivity index (χ0v) is 12.8. The molecule has 3 heteroatoms. The maximum absolute atomic E-state index is 6.27. The van der Waals surface area contributed by atoms with Crippen LogP contribution in [-0.2, 0) is 0 Å². The molecule has 0 heterocycles. The summed E-state index contributed by atoms with van der Waals surface area (Å²) in [6, 6.07) is 6.15. The van der Waals surface area contributed by atoms with Crippen LogP contribution in [0, 0.1) is 17.8 Å². The monoisotopic (exact) mass is 297 g/mol. The van der Waals surface area contributed by atoms with Crippen molar-refractivity contribution in [3.63, 3.8) is 0 Å². The van der Waals surface area contributed by atoms with Crippen LogP contribution >= 0.6 is 23.2 Å². The molecule has 2 aliphatic carbocycles. The Morgan fingerprint density at radius 3 is 2.79 bits per heavy atom. The highest BCUT2D eigenvalue weighted by Crippen LogP contribution is 2.48. The number of rotatable bonds is 4. The number of benzene rings is 1. The summed E-state index contributed by atoms with van der Waals surface area (Å²) >= 11 is 12.4. The van der Waals surface area contributed by atoms with Crippen molar-refractivity contribution < 1.29 is 0 Å². The molecular formula is C16H21Cl2N. The van der Waals surface area contributed by atoms with E-state index in [4.69, 9.17) is 23.2 Å². The Morgan fingerprint density at radius 1 is 1.26 bits per heavy atom. The van der Waals surface area contributed by atoms with Crippen LogP contribution in [0.1, 0.15) is 44.2 Å². The van der Waals surface area contributed by atoms with Gasteiger partial charge in [0.25, 0.3) is 0 Å². The second-order valence-corrected chi connectivity index (χ2v) is 6.99. The van der Waals surface area contributed by atoms with Crippen LogP contribution in [0.5, 0.6) is 0 Å². The molecular weight excluding hydrogens is 277 g/mol. The Labute approximate surface area is 125 Å². The summed E-state index contributed by atoms with van der Waals surface area (Å²) in [5, 5.41) is 4.99. The normalized spacial score (nSPS) is 30.8. The number of hydrogen-bond acceptors (Lipinski definition) is 1. The third kappa shape index (κ3) is 2.79. The topological polar surface area (TPSA) is 12.0 Å². The molecule has 104 valence electrons. The van der Waals surface area contributed by atoms with Crippen molar-refractivity contribution >= 4 is 23.2 Å². The summed E-state index contributed by atoms with van der Waals surface area (Å²) in [4.78, 5) is 0. The van der Waals surface area contributed by atoms with E-state index in [1.54, 1.807) is 0 Å². The standard InChI is InChI=1S/C16H21Cl2N/c1-10(14-3-2-4-15(17)16(14)18)19-9-13-8-11-5-6-12(13)7-11/h2-4,10-13,19H,5-9H2,1H3. The average Bonchev–Trinajstić information content (AvgIpc) is 3.01. The molecule has 1 aromatic rings. The van der Waals surface area contributed by atoms with Gasteiger partial charge in [-0.15, -0.1) is 0 Å². The molecule has 4 unspecified atom stereocenters. The molecule has 0 aliphatic heterocycles. The molecule has 4 atom stereocenters. The van der Waals surface area contributed by atoms with Gasteiger partial charge in [-0.3, -0.25) is 0 Å². The SMILES string of the molecule is CC(NCC1CC2CCC1C2)c1cccc(Cl)c1Cl. The van der Waals surface area contributed by atoms with Gasteiger partial charge in [0.15, 0.2) is 0 Å². The van der Waals surface area contributed by atoms with E-state index in [0.29, 0.717) is 10.0 Å². The predicted octanol–water partition coefficient (Wildman–Crippen LogP) is 5.08. The van der Waals surface area contributed by atoms with Gasteiger partial charge in [-0.1, -0.05) is 41.8 Å². The second kappa shape index (κ2) is 5.63. The molecule has 19 heavy (non-hydrogen) atoms. The van der Waals surface area contributed by atoms with Crippen molar-refractivity contribution in [1.29, 1.82) is 0 Å². The highest BCUT2D eigenvalue weighted by Gasteiger charge is 2.39. The maximum atomic E-state index is 6.27. The first-order valence-corrected chi connectivity index (χ1v) is 8.08. The summed E-state index contributed by atoms with van der Waals surface area (Å²) < 4.78 is 0. The smallest absolute Gasteiger partial charge is 0.0639 e. The van der Waals surface area contributed by atoms with Crippen molar-refractivity contribution in [2.24, 2.45) is 17.8 Å². The first kappa shape index (κ1) is 13.7. The molecule has 0 aromatic heterocycles. The molecule has 0 spiro atoms. The summed E-state index contributed by atoms with van der Waals surface area (Å²) in [5.41, 5.74) is 1.11. The highest BCUT2D eigenvalue weighted by molar-refractivity contribution is 6.42. The van der Waals surface area contributed by atoms with Crippen molar-refractivity contribution in [3.05, 3.63) is 33.8 Å². The van der Waals surface area contributed by atoms with Gasteiger partial charge in [-0.2, -0.15) is 0 Å². The largest absolute Gasteiger partial charge is 0.310 e. The Balaban J connectivity index is 1.59. The molecule has 3 rings (SSSR count). The predicted molar refractivity (Wildman–Crippen MR) is 81.8 cm³/mol. The lowest BCUT2D eigenvalue weighted by Crippen LogP contribution is -2.28. The quantitative estimate of drug-likeness (QED) is 0.817. The molecule has 2 bridgehead atoms. The van der Waals surface area contributed by atoms with Gasteiger partial charge in [-0.25, -0.2) is 0 Å². The van der Waals surface area contributed by atoms with Gasteiger partial charge in [0.05, 0.1) is 10.0 Å². The molecule has 0 radical (unpaired) electrons. The minimum atomic E-state index is 0.269. The number of hydrogen-bond donors (Lipinski definition) is 1.